The topological polar surface area (TPSA) is 63.5 Å². The summed E-state index contributed by atoms with van der Waals surface area (Å²) in [4.78, 5) is 19.8. The van der Waals surface area contributed by atoms with E-state index in [1.165, 1.54) is 32.3 Å². The summed E-state index contributed by atoms with van der Waals surface area (Å²) in [6, 6.07) is 3.53. The summed E-state index contributed by atoms with van der Waals surface area (Å²) in [5.41, 5.74) is -3.49. The van der Waals surface area contributed by atoms with E-state index in [0.29, 0.717) is 0 Å². The molecular formula is C14H12Cl2F3N3O3. The molecule has 1 aliphatic heterocycles. The molecule has 0 fully saturated rings. The first-order valence-corrected chi connectivity index (χ1v) is 7.43. The molecule has 1 aromatic rings. The van der Waals surface area contributed by atoms with Crippen LogP contribution in [0.2, 0.25) is 10.0 Å². The van der Waals surface area contributed by atoms with E-state index < -0.39 is 29.7 Å². The normalized spacial score (nSPS) is 20.3. The lowest BCUT2D eigenvalue weighted by Gasteiger charge is -2.31. The number of benzene rings is 1. The van der Waals surface area contributed by atoms with Gasteiger partial charge in [-0.25, -0.2) is 4.79 Å². The van der Waals surface area contributed by atoms with Crippen LogP contribution in [0.15, 0.2) is 28.2 Å². The smallest absolute Gasteiger partial charge is 0.446 e. The number of aliphatic imine (C=N–C) groups is 2. The first-order valence-electron chi connectivity index (χ1n) is 6.67. The predicted octanol–water partition coefficient (Wildman–Crippen LogP) is 3.12. The van der Waals surface area contributed by atoms with Gasteiger partial charge in [0.1, 0.15) is 0 Å². The van der Waals surface area contributed by atoms with Crippen LogP contribution in [0.5, 0.6) is 0 Å². The molecule has 0 saturated heterocycles. The van der Waals surface area contributed by atoms with Crippen molar-refractivity contribution in [2.45, 2.75) is 11.8 Å². The summed E-state index contributed by atoms with van der Waals surface area (Å²) < 4.78 is 50.6. The molecule has 6 nitrogen and oxygen atoms in total. The predicted molar refractivity (Wildman–Crippen MR) is 86.0 cm³/mol. The number of hydrogen-bond donors (Lipinski definition) is 0. The van der Waals surface area contributed by atoms with E-state index in [2.05, 4.69) is 14.7 Å². The maximum absolute atomic E-state index is 13.7. The van der Waals surface area contributed by atoms with Crippen molar-refractivity contribution < 1.29 is 27.4 Å². The Kier molecular flexibility index (Phi) is 5.19. The molecule has 0 radical (unpaired) electrons. The van der Waals surface area contributed by atoms with Crippen molar-refractivity contribution in [1.82, 2.24) is 4.90 Å². The molecule has 1 atom stereocenters. The SMILES string of the molecule is COC(=O)[C@@]1(C(F)(F)F)N=C(c2ccc(Cl)cc2Cl)OC(N(C)C)=N1. The molecule has 0 unspecified atom stereocenters. The van der Waals surface area contributed by atoms with Crippen molar-refractivity contribution in [1.29, 1.82) is 0 Å². The number of esters is 1. The second-order valence-corrected chi connectivity index (χ2v) is 5.94. The Balaban J connectivity index is 2.73. The first-order chi connectivity index (χ1) is 11.5. The molecule has 0 amide bonds. The van der Waals surface area contributed by atoms with Gasteiger partial charge in [0.25, 0.3) is 6.02 Å². The Morgan fingerprint density at radius 2 is 1.92 bits per heavy atom. The summed E-state index contributed by atoms with van der Waals surface area (Å²) in [7, 11) is 3.59. The van der Waals surface area contributed by atoms with Crippen LogP contribution in [0, 0.1) is 0 Å². The number of carbonyl (C=O) groups is 1. The zero-order valence-corrected chi connectivity index (χ0v) is 14.7. The molecule has 0 spiro atoms. The van der Waals surface area contributed by atoms with Gasteiger partial charge in [-0.15, -0.1) is 0 Å². The Morgan fingerprint density at radius 3 is 2.40 bits per heavy atom. The quantitative estimate of drug-likeness (QED) is 0.719. The van der Waals surface area contributed by atoms with Gasteiger partial charge in [-0.3, -0.25) is 0 Å². The van der Waals surface area contributed by atoms with Crippen LogP contribution in [0.1, 0.15) is 5.56 Å². The summed E-state index contributed by atoms with van der Waals surface area (Å²) in [5, 5.41) is 0.258. The number of amidine groups is 1. The molecule has 25 heavy (non-hydrogen) atoms. The standard InChI is InChI=1S/C14H12Cl2F3N3O3/c1-22(2)12-21-13(11(23)24-3,14(17,18)19)20-10(25-12)8-5-4-7(15)6-9(8)16/h4-6H,1-3H3/t13-/m1/s1. The second kappa shape index (κ2) is 6.72. The second-order valence-electron chi connectivity index (χ2n) is 5.09. The van der Waals surface area contributed by atoms with Crippen molar-refractivity contribution in [3.05, 3.63) is 33.8 Å². The Bertz CT molecular complexity index is 765. The number of hydrogen-bond acceptors (Lipinski definition) is 6. The van der Waals surface area contributed by atoms with Gasteiger partial charge in [-0.05, 0) is 18.2 Å². The van der Waals surface area contributed by atoms with E-state index in [0.717, 1.165) is 12.0 Å². The van der Waals surface area contributed by atoms with Crippen LogP contribution in [-0.4, -0.2) is 55.8 Å². The van der Waals surface area contributed by atoms with E-state index in [1.807, 2.05) is 0 Å². The largest absolute Gasteiger partial charge is 0.465 e. The summed E-state index contributed by atoms with van der Waals surface area (Å²) >= 11 is 11.8. The van der Waals surface area contributed by atoms with Crippen LogP contribution >= 0.6 is 23.2 Å². The van der Waals surface area contributed by atoms with E-state index >= 15 is 0 Å². The summed E-state index contributed by atoms with van der Waals surface area (Å²) in [6.45, 7) is 0. The van der Waals surface area contributed by atoms with Crippen LogP contribution in [0.4, 0.5) is 13.2 Å². The highest BCUT2D eigenvalue weighted by molar-refractivity contribution is 6.37. The fourth-order valence-corrected chi connectivity index (χ4v) is 2.38. The Morgan fingerprint density at radius 1 is 1.28 bits per heavy atom. The third kappa shape index (κ3) is 3.52. The molecule has 0 aromatic heterocycles. The van der Waals surface area contributed by atoms with Gasteiger partial charge in [-0.1, -0.05) is 23.2 Å². The van der Waals surface area contributed by atoms with E-state index in [9.17, 15) is 18.0 Å². The van der Waals surface area contributed by atoms with Crippen molar-refractivity contribution in [2.24, 2.45) is 9.98 Å². The molecule has 11 heteroatoms. The van der Waals surface area contributed by atoms with Crippen molar-refractivity contribution >= 4 is 41.1 Å². The van der Waals surface area contributed by atoms with E-state index in [-0.39, 0.29) is 15.6 Å². The van der Waals surface area contributed by atoms with Gasteiger partial charge in [0.2, 0.25) is 5.90 Å². The lowest BCUT2D eigenvalue weighted by Crippen LogP contribution is -2.54. The molecule has 0 saturated carbocycles. The molecule has 1 aromatic carbocycles. The number of methoxy groups -OCH3 is 1. The Hall–Kier alpha value is -2.00. The van der Waals surface area contributed by atoms with Gasteiger partial charge in [0.15, 0.2) is 0 Å². The van der Waals surface area contributed by atoms with Crippen LogP contribution in [0.3, 0.4) is 0 Å². The highest BCUT2D eigenvalue weighted by Crippen LogP contribution is 2.39. The van der Waals surface area contributed by atoms with Crippen LogP contribution in [0.25, 0.3) is 0 Å². The fraction of sp³-hybridized carbons (Fsp3) is 0.357. The highest BCUT2D eigenvalue weighted by atomic mass is 35.5. The minimum atomic E-state index is -5.17. The summed E-state index contributed by atoms with van der Waals surface area (Å²) in [6.07, 6.45) is -5.17. The Labute approximate surface area is 150 Å². The van der Waals surface area contributed by atoms with Gasteiger partial charge >= 0.3 is 17.8 Å². The number of carbonyl (C=O) groups excluding carboxylic acids is 1. The van der Waals surface area contributed by atoms with Gasteiger partial charge in [0, 0.05) is 19.1 Å². The molecule has 0 N–H and O–H groups in total. The zero-order chi connectivity index (χ0) is 19.0. The van der Waals surface area contributed by atoms with Gasteiger partial charge in [0.05, 0.1) is 17.7 Å². The average molecular weight is 398 g/mol. The van der Waals surface area contributed by atoms with E-state index in [4.69, 9.17) is 27.9 Å². The molecule has 1 heterocycles. The lowest BCUT2D eigenvalue weighted by atomic mass is 10.1. The molecule has 136 valence electrons. The molecule has 2 rings (SSSR count). The number of nitrogens with zero attached hydrogens (tertiary/aromatic N) is 3. The third-order valence-electron chi connectivity index (χ3n) is 3.12. The fourth-order valence-electron chi connectivity index (χ4n) is 1.89. The molecule has 0 bridgehead atoms. The van der Waals surface area contributed by atoms with E-state index in [1.54, 1.807) is 0 Å². The van der Waals surface area contributed by atoms with Crippen molar-refractivity contribution in [3.63, 3.8) is 0 Å². The van der Waals surface area contributed by atoms with Crippen LogP contribution in [-0.2, 0) is 14.3 Å². The third-order valence-corrected chi connectivity index (χ3v) is 3.67. The van der Waals surface area contributed by atoms with Crippen LogP contribution < -0.4 is 0 Å². The monoisotopic (exact) mass is 397 g/mol. The molecular weight excluding hydrogens is 386 g/mol. The maximum Gasteiger partial charge on any atom is 0.446 e. The molecule has 0 aliphatic carbocycles. The number of rotatable bonds is 2. The van der Waals surface area contributed by atoms with Crippen molar-refractivity contribution in [3.8, 4) is 0 Å². The number of halogens is 5. The minimum absolute atomic E-state index is 0.00723. The first kappa shape index (κ1) is 19.3. The maximum atomic E-state index is 13.7. The number of alkyl halides is 3. The lowest BCUT2D eigenvalue weighted by molar-refractivity contribution is -0.202. The highest BCUT2D eigenvalue weighted by Gasteiger charge is 2.65. The van der Waals surface area contributed by atoms with Gasteiger partial charge < -0.3 is 14.4 Å². The zero-order valence-electron chi connectivity index (χ0n) is 13.2. The van der Waals surface area contributed by atoms with Gasteiger partial charge in [-0.2, -0.15) is 23.2 Å². The average Bonchev–Trinajstić information content (AvgIpc) is 2.52. The summed E-state index contributed by atoms with van der Waals surface area (Å²) in [5.74, 6) is -2.24. The molecule has 1 aliphatic rings. The number of ether oxygens (including phenoxy) is 2. The minimum Gasteiger partial charge on any atom is -0.465 e. The van der Waals surface area contributed by atoms with Crippen molar-refractivity contribution in [2.75, 3.05) is 21.2 Å².